The molecule has 2 aromatic carbocycles. The standard InChI is InChI=1S/C23H22BrN5O3/c1-31-18-7-6-12(11-19(18)32-2)14-9-16-20(17(30)10-14)21(13-4-3-5-15(24)8-13)29-23(26-16)27-22(25)28-29/h3-8,11,14,21H,9-10H2,1-2H3,(H3,25,26,27,28)/t14-,21-/m0/s1. The smallest absolute Gasteiger partial charge is 0.241 e. The van der Waals surface area contributed by atoms with E-state index in [4.69, 9.17) is 15.2 Å². The molecule has 9 heteroatoms. The minimum absolute atomic E-state index is 0.00327. The molecule has 5 rings (SSSR count). The van der Waals surface area contributed by atoms with Crippen LogP contribution >= 0.6 is 15.9 Å². The van der Waals surface area contributed by atoms with Gasteiger partial charge in [0.2, 0.25) is 11.9 Å². The lowest BCUT2D eigenvalue weighted by atomic mass is 9.78. The molecule has 164 valence electrons. The average Bonchev–Trinajstić information content (AvgIpc) is 3.16. The van der Waals surface area contributed by atoms with Crippen molar-refractivity contribution in [3.63, 3.8) is 0 Å². The van der Waals surface area contributed by atoms with E-state index in [2.05, 4.69) is 31.3 Å². The minimum Gasteiger partial charge on any atom is -0.493 e. The van der Waals surface area contributed by atoms with E-state index in [1.165, 1.54) is 0 Å². The fraction of sp³-hybridized carbons (Fsp3) is 0.261. The zero-order valence-electron chi connectivity index (χ0n) is 17.6. The van der Waals surface area contributed by atoms with Crippen molar-refractivity contribution < 1.29 is 14.3 Å². The van der Waals surface area contributed by atoms with Crippen LogP contribution in [0.1, 0.15) is 35.9 Å². The number of hydrogen-bond donors (Lipinski definition) is 2. The maximum atomic E-state index is 13.5. The number of nitrogens with zero attached hydrogens (tertiary/aromatic N) is 3. The number of fused-ring (bicyclic) bond motifs is 1. The van der Waals surface area contributed by atoms with E-state index in [9.17, 15) is 4.79 Å². The van der Waals surface area contributed by atoms with Crippen LogP contribution in [-0.2, 0) is 4.79 Å². The van der Waals surface area contributed by atoms with Gasteiger partial charge in [-0.2, -0.15) is 4.98 Å². The van der Waals surface area contributed by atoms with Gasteiger partial charge < -0.3 is 20.5 Å². The number of carbonyl (C=O) groups is 1. The van der Waals surface area contributed by atoms with E-state index in [-0.39, 0.29) is 23.7 Å². The van der Waals surface area contributed by atoms with Gasteiger partial charge >= 0.3 is 0 Å². The second kappa shape index (κ2) is 7.98. The van der Waals surface area contributed by atoms with Gasteiger partial charge in [-0.15, -0.1) is 5.10 Å². The summed E-state index contributed by atoms with van der Waals surface area (Å²) < 4.78 is 13.4. The van der Waals surface area contributed by atoms with Crippen LogP contribution in [0.25, 0.3) is 0 Å². The summed E-state index contributed by atoms with van der Waals surface area (Å²) in [6.45, 7) is 0. The predicted molar refractivity (Wildman–Crippen MR) is 124 cm³/mol. The Morgan fingerprint density at radius 3 is 2.66 bits per heavy atom. The summed E-state index contributed by atoms with van der Waals surface area (Å²) in [5.41, 5.74) is 9.43. The van der Waals surface area contributed by atoms with Gasteiger partial charge in [0.25, 0.3) is 0 Å². The van der Waals surface area contributed by atoms with Gasteiger partial charge in [0.05, 0.1) is 14.2 Å². The molecule has 2 aliphatic rings. The van der Waals surface area contributed by atoms with E-state index >= 15 is 0 Å². The number of allylic oxidation sites excluding steroid dienone is 2. The number of carbonyl (C=O) groups excluding carboxylic acids is 1. The maximum Gasteiger partial charge on any atom is 0.241 e. The lowest BCUT2D eigenvalue weighted by Crippen LogP contribution is -2.33. The van der Waals surface area contributed by atoms with Crippen LogP contribution in [0.15, 0.2) is 58.2 Å². The van der Waals surface area contributed by atoms with Gasteiger partial charge in [-0.05, 0) is 47.7 Å². The maximum absolute atomic E-state index is 13.5. The van der Waals surface area contributed by atoms with E-state index in [1.807, 2.05) is 42.5 Å². The Bertz CT molecular complexity index is 1250. The first kappa shape index (κ1) is 20.6. The quantitative estimate of drug-likeness (QED) is 0.562. The van der Waals surface area contributed by atoms with Crippen molar-refractivity contribution >= 4 is 33.6 Å². The fourth-order valence-electron chi connectivity index (χ4n) is 4.56. The first-order valence-electron chi connectivity index (χ1n) is 10.2. The third-order valence-electron chi connectivity index (χ3n) is 5.98. The Morgan fingerprint density at radius 2 is 1.91 bits per heavy atom. The fourth-order valence-corrected chi connectivity index (χ4v) is 4.97. The van der Waals surface area contributed by atoms with Crippen LogP contribution in [0.3, 0.4) is 0 Å². The second-order valence-electron chi connectivity index (χ2n) is 7.86. The van der Waals surface area contributed by atoms with Crippen molar-refractivity contribution in [2.24, 2.45) is 0 Å². The largest absolute Gasteiger partial charge is 0.493 e. The van der Waals surface area contributed by atoms with E-state index in [0.717, 1.165) is 21.3 Å². The Kier molecular flexibility index (Phi) is 5.13. The number of anilines is 2. The molecule has 8 nitrogen and oxygen atoms in total. The van der Waals surface area contributed by atoms with Crippen molar-refractivity contribution in [3.05, 3.63) is 69.3 Å². The first-order chi connectivity index (χ1) is 15.5. The highest BCUT2D eigenvalue weighted by molar-refractivity contribution is 9.10. The zero-order chi connectivity index (χ0) is 22.4. The molecule has 0 saturated heterocycles. The minimum atomic E-state index is -0.387. The average molecular weight is 496 g/mol. The van der Waals surface area contributed by atoms with Gasteiger partial charge in [0, 0.05) is 22.2 Å². The van der Waals surface area contributed by atoms with Crippen molar-refractivity contribution in [1.29, 1.82) is 0 Å². The second-order valence-corrected chi connectivity index (χ2v) is 8.77. The van der Waals surface area contributed by atoms with Crippen molar-refractivity contribution in [2.75, 3.05) is 25.3 Å². The number of aromatic nitrogens is 3. The third kappa shape index (κ3) is 3.42. The number of benzene rings is 2. The molecule has 0 unspecified atom stereocenters. The molecule has 2 heterocycles. The van der Waals surface area contributed by atoms with Crippen LogP contribution in [0.5, 0.6) is 11.5 Å². The van der Waals surface area contributed by atoms with Crippen LogP contribution < -0.4 is 20.5 Å². The molecule has 3 aromatic rings. The third-order valence-corrected chi connectivity index (χ3v) is 6.47. The van der Waals surface area contributed by atoms with Gasteiger partial charge in [0.1, 0.15) is 6.04 Å². The summed E-state index contributed by atoms with van der Waals surface area (Å²) in [5, 5.41) is 7.69. The molecular formula is C23H22BrN5O3. The number of nitrogens with two attached hydrogens (primary N) is 1. The molecule has 1 aromatic heterocycles. The molecule has 0 bridgehead atoms. The van der Waals surface area contributed by atoms with Crippen LogP contribution in [-0.4, -0.2) is 34.8 Å². The summed E-state index contributed by atoms with van der Waals surface area (Å²) in [6, 6.07) is 13.3. The number of nitrogens with one attached hydrogen (secondary N) is 1. The highest BCUT2D eigenvalue weighted by Crippen LogP contribution is 2.45. The number of ketones is 1. The van der Waals surface area contributed by atoms with Crippen molar-refractivity contribution in [3.8, 4) is 11.5 Å². The predicted octanol–water partition coefficient (Wildman–Crippen LogP) is 4.06. The summed E-state index contributed by atoms with van der Waals surface area (Å²) in [6.07, 6.45) is 1.05. The normalized spacial score (nSPS) is 19.8. The van der Waals surface area contributed by atoms with Crippen LogP contribution in [0.2, 0.25) is 0 Å². The zero-order valence-corrected chi connectivity index (χ0v) is 19.2. The van der Waals surface area contributed by atoms with E-state index < -0.39 is 0 Å². The summed E-state index contributed by atoms with van der Waals surface area (Å²) >= 11 is 3.53. The Balaban J connectivity index is 1.58. The number of halogens is 1. The topological polar surface area (TPSA) is 104 Å². The number of Topliss-reactive ketones (excluding diaryl/α,β-unsaturated/α-hetero) is 1. The SMILES string of the molecule is COc1ccc([C@@H]2CC(=O)C3=C(C2)Nc2nc(N)nn2[C@H]3c2cccc(Br)c2)cc1OC. The lowest BCUT2D eigenvalue weighted by Gasteiger charge is -2.35. The van der Waals surface area contributed by atoms with Crippen LogP contribution in [0, 0.1) is 0 Å². The van der Waals surface area contributed by atoms with Gasteiger partial charge in [0.15, 0.2) is 17.3 Å². The van der Waals surface area contributed by atoms with Gasteiger partial charge in [-0.25, -0.2) is 4.68 Å². The molecule has 0 radical (unpaired) electrons. The monoisotopic (exact) mass is 495 g/mol. The molecule has 1 aliphatic carbocycles. The Morgan fingerprint density at radius 1 is 1.09 bits per heavy atom. The highest BCUT2D eigenvalue weighted by atomic mass is 79.9. The molecule has 0 spiro atoms. The number of ether oxygens (including phenoxy) is 2. The molecule has 0 amide bonds. The number of hydrogen-bond acceptors (Lipinski definition) is 7. The summed E-state index contributed by atoms with van der Waals surface area (Å²) in [5.74, 6) is 2.08. The number of methoxy groups -OCH3 is 2. The van der Waals surface area contributed by atoms with E-state index in [1.54, 1.807) is 18.9 Å². The first-order valence-corrected chi connectivity index (χ1v) is 11.0. The molecule has 1 aliphatic heterocycles. The van der Waals surface area contributed by atoms with E-state index in [0.29, 0.717) is 35.9 Å². The molecule has 0 fully saturated rings. The highest BCUT2D eigenvalue weighted by Gasteiger charge is 2.39. The molecule has 0 saturated carbocycles. The van der Waals surface area contributed by atoms with Crippen LogP contribution in [0.4, 0.5) is 11.9 Å². The Labute approximate surface area is 193 Å². The lowest BCUT2D eigenvalue weighted by molar-refractivity contribution is -0.116. The summed E-state index contributed by atoms with van der Waals surface area (Å²) in [4.78, 5) is 17.9. The molecule has 3 N–H and O–H groups in total. The van der Waals surface area contributed by atoms with Gasteiger partial charge in [-0.3, -0.25) is 4.79 Å². The number of rotatable bonds is 4. The molecule has 2 atom stereocenters. The van der Waals surface area contributed by atoms with Crippen molar-refractivity contribution in [2.45, 2.75) is 24.8 Å². The van der Waals surface area contributed by atoms with Gasteiger partial charge in [-0.1, -0.05) is 34.1 Å². The molecule has 32 heavy (non-hydrogen) atoms. The summed E-state index contributed by atoms with van der Waals surface area (Å²) in [7, 11) is 3.21. The van der Waals surface area contributed by atoms with Crippen molar-refractivity contribution in [1.82, 2.24) is 14.8 Å². The number of nitrogen functional groups attached to an aromatic ring is 1. The Hall–Kier alpha value is -3.33. The molecular weight excluding hydrogens is 474 g/mol.